The molecule has 0 aromatic carbocycles. The lowest BCUT2D eigenvalue weighted by atomic mass is 10.1. The zero-order chi connectivity index (χ0) is 9.10. The summed E-state index contributed by atoms with van der Waals surface area (Å²) in [6, 6.07) is 0. The average Bonchev–Trinajstić information content (AvgIpc) is 2.57. The number of aliphatic hydroxyl groups excluding tert-OH is 1. The van der Waals surface area contributed by atoms with Crippen LogP contribution in [0, 0.1) is 0 Å². The first-order valence-electron chi connectivity index (χ1n) is 5.36. The van der Waals surface area contributed by atoms with E-state index in [1.54, 1.807) is 0 Å². The summed E-state index contributed by atoms with van der Waals surface area (Å²) in [5.41, 5.74) is 0. The van der Waals surface area contributed by atoms with Crippen molar-refractivity contribution in [1.82, 2.24) is 4.90 Å². The maximum Gasteiger partial charge on any atom is 0.0702 e. The van der Waals surface area contributed by atoms with Crippen LogP contribution in [0.15, 0.2) is 0 Å². The molecule has 2 saturated heterocycles. The SMILES string of the molecule is OC1CCCN(CC2CCCO2)C1. The van der Waals surface area contributed by atoms with Crippen LogP contribution in [0.25, 0.3) is 0 Å². The van der Waals surface area contributed by atoms with Crippen LogP contribution in [0.2, 0.25) is 0 Å². The lowest BCUT2D eigenvalue weighted by molar-refractivity contribution is 0.0276. The van der Waals surface area contributed by atoms with E-state index in [0.717, 1.165) is 39.1 Å². The largest absolute Gasteiger partial charge is 0.392 e. The second-order valence-electron chi connectivity index (χ2n) is 4.19. The standard InChI is InChI=1S/C10H19NO2/c12-9-3-1-5-11(7-9)8-10-4-2-6-13-10/h9-10,12H,1-8H2. The minimum absolute atomic E-state index is 0.102. The lowest BCUT2D eigenvalue weighted by Crippen LogP contribution is -2.42. The molecule has 0 bridgehead atoms. The molecule has 76 valence electrons. The third-order valence-electron chi connectivity index (χ3n) is 2.97. The van der Waals surface area contributed by atoms with Gasteiger partial charge in [0.15, 0.2) is 0 Å². The molecule has 2 fully saturated rings. The molecule has 2 heterocycles. The van der Waals surface area contributed by atoms with Crippen molar-refractivity contribution in [3.63, 3.8) is 0 Å². The highest BCUT2D eigenvalue weighted by Gasteiger charge is 2.23. The van der Waals surface area contributed by atoms with Crippen LogP contribution in [0.5, 0.6) is 0 Å². The van der Waals surface area contributed by atoms with Crippen LogP contribution in [0.4, 0.5) is 0 Å². The molecule has 0 saturated carbocycles. The van der Waals surface area contributed by atoms with E-state index >= 15 is 0 Å². The molecule has 2 unspecified atom stereocenters. The van der Waals surface area contributed by atoms with Gasteiger partial charge in [-0.2, -0.15) is 0 Å². The number of hydrogen-bond donors (Lipinski definition) is 1. The first-order chi connectivity index (χ1) is 6.34. The Bertz CT molecular complexity index is 157. The molecule has 0 radical (unpaired) electrons. The molecular formula is C10H19NO2. The number of β-amino-alcohol motifs (C(OH)–C–C–N with tert-alkyl or cyclic N) is 1. The smallest absolute Gasteiger partial charge is 0.0702 e. The van der Waals surface area contributed by atoms with E-state index in [0.29, 0.717) is 6.10 Å². The highest BCUT2D eigenvalue weighted by atomic mass is 16.5. The van der Waals surface area contributed by atoms with Gasteiger partial charge in [-0.15, -0.1) is 0 Å². The summed E-state index contributed by atoms with van der Waals surface area (Å²) in [5, 5.41) is 9.47. The summed E-state index contributed by atoms with van der Waals surface area (Å²) < 4.78 is 5.57. The molecule has 0 spiro atoms. The first kappa shape index (κ1) is 9.44. The molecule has 0 aromatic heterocycles. The van der Waals surface area contributed by atoms with Crippen LogP contribution in [-0.2, 0) is 4.74 Å². The van der Waals surface area contributed by atoms with Gasteiger partial charge in [-0.3, -0.25) is 4.90 Å². The van der Waals surface area contributed by atoms with E-state index in [9.17, 15) is 5.11 Å². The van der Waals surface area contributed by atoms with E-state index < -0.39 is 0 Å². The molecule has 13 heavy (non-hydrogen) atoms. The van der Waals surface area contributed by atoms with Crippen molar-refractivity contribution >= 4 is 0 Å². The molecule has 2 aliphatic rings. The Hall–Kier alpha value is -0.120. The fourth-order valence-electron chi connectivity index (χ4n) is 2.27. The van der Waals surface area contributed by atoms with Gasteiger partial charge in [-0.05, 0) is 32.2 Å². The highest BCUT2D eigenvalue weighted by Crippen LogP contribution is 2.16. The zero-order valence-corrected chi connectivity index (χ0v) is 8.11. The molecule has 2 aliphatic heterocycles. The van der Waals surface area contributed by atoms with Crippen LogP contribution in [0.3, 0.4) is 0 Å². The topological polar surface area (TPSA) is 32.7 Å². The molecule has 3 nitrogen and oxygen atoms in total. The maximum atomic E-state index is 9.47. The molecule has 0 aromatic rings. The van der Waals surface area contributed by atoms with Gasteiger partial charge in [0.25, 0.3) is 0 Å². The third-order valence-corrected chi connectivity index (χ3v) is 2.97. The minimum Gasteiger partial charge on any atom is -0.392 e. The molecular weight excluding hydrogens is 166 g/mol. The van der Waals surface area contributed by atoms with Crippen molar-refractivity contribution in [2.45, 2.75) is 37.9 Å². The van der Waals surface area contributed by atoms with Crippen molar-refractivity contribution < 1.29 is 9.84 Å². The van der Waals surface area contributed by atoms with Crippen molar-refractivity contribution in [3.8, 4) is 0 Å². The fraction of sp³-hybridized carbons (Fsp3) is 1.00. The van der Waals surface area contributed by atoms with Crippen LogP contribution in [0.1, 0.15) is 25.7 Å². The number of hydrogen-bond acceptors (Lipinski definition) is 3. The van der Waals surface area contributed by atoms with Gasteiger partial charge < -0.3 is 9.84 Å². The maximum absolute atomic E-state index is 9.47. The van der Waals surface area contributed by atoms with E-state index in [2.05, 4.69) is 4.90 Å². The van der Waals surface area contributed by atoms with Crippen molar-refractivity contribution in [2.75, 3.05) is 26.2 Å². The van der Waals surface area contributed by atoms with E-state index in [-0.39, 0.29) is 6.10 Å². The van der Waals surface area contributed by atoms with E-state index in [4.69, 9.17) is 4.74 Å². The van der Waals surface area contributed by atoms with Crippen molar-refractivity contribution in [3.05, 3.63) is 0 Å². The number of piperidine rings is 1. The van der Waals surface area contributed by atoms with Gasteiger partial charge in [0.05, 0.1) is 12.2 Å². The van der Waals surface area contributed by atoms with Crippen LogP contribution >= 0.6 is 0 Å². The number of ether oxygens (including phenoxy) is 1. The highest BCUT2D eigenvalue weighted by molar-refractivity contribution is 4.76. The summed E-state index contributed by atoms with van der Waals surface area (Å²) in [5.74, 6) is 0. The van der Waals surface area contributed by atoms with Crippen molar-refractivity contribution in [1.29, 1.82) is 0 Å². The normalized spacial score (nSPS) is 36.7. The summed E-state index contributed by atoms with van der Waals surface area (Å²) in [6.45, 7) is 3.94. The summed E-state index contributed by atoms with van der Waals surface area (Å²) in [4.78, 5) is 2.34. The van der Waals surface area contributed by atoms with Gasteiger partial charge in [-0.25, -0.2) is 0 Å². The number of aliphatic hydroxyl groups is 1. The fourth-order valence-corrected chi connectivity index (χ4v) is 2.27. The Morgan fingerprint density at radius 1 is 1.31 bits per heavy atom. The Kier molecular flexibility index (Phi) is 3.19. The quantitative estimate of drug-likeness (QED) is 0.684. The predicted molar refractivity (Wildman–Crippen MR) is 50.7 cm³/mol. The molecule has 0 aliphatic carbocycles. The molecule has 1 N–H and O–H groups in total. The monoisotopic (exact) mass is 185 g/mol. The third kappa shape index (κ3) is 2.66. The molecule has 2 atom stereocenters. The minimum atomic E-state index is -0.102. The Labute approximate surface area is 79.7 Å². The molecule has 3 heteroatoms. The van der Waals surface area contributed by atoms with E-state index in [1.807, 2.05) is 0 Å². The van der Waals surface area contributed by atoms with Crippen LogP contribution < -0.4 is 0 Å². The molecule has 0 amide bonds. The van der Waals surface area contributed by atoms with Gasteiger partial charge in [0, 0.05) is 19.7 Å². The Morgan fingerprint density at radius 2 is 2.23 bits per heavy atom. The number of rotatable bonds is 2. The number of likely N-dealkylation sites (tertiary alicyclic amines) is 1. The lowest BCUT2D eigenvalue weighted by Gasteiger charge is -2.31. The van der Waals surface area contributed by atoms with Gasteiger partial charge in [0.2, 0.25) is 0 Å². The number of nitrogens with zero attached hydrogens (tertiary/aromatic N) is 1. The van der Waals surface area contributed by atoms with Crippen molar-refractivity contribution in [2.24, 2.45) is 0 Å². The van der Waals surface area contributed by atoms with Crippen LogP contribution in [-0.4, -0.2) is 48.5 Å². The summed E-state index contributed by atoms with van der Waals surface area (Å²) >= 11 is 0. The average molecular weight is 185 g/mol. The Morgan fingerprint density at radius 3 is 2.92 bits per heavy atom. The second kappa shape index (κ2) is 4.40. The Balaban J connectivity index is 1.73. The van der Waals surface area contributed by atoms with Gasteiger partial charge in [-0.1, -0.05) is 0 Å². The summed E-state index contributed by atoms with van der Waals surface area (Å²) in [6.07, 6.45) is 4.85. The van der Waals surface area contributed by atoms with E-state index in [1.165, 1.54) is 12.8 Å². The predicted octanol–water partition coefficient (Wildman–Crippen LogP) is 0.622. The second-order valence-corrected chi connectivity index (χ2v) is 4.19. The summed E-state index contributed by atoms with van der Waals surface area (Å²) in [7, 11) is 0. The zero-order valence-electron chi connectivity index (χ0n) is 8.11. The molecule has 2 rings (SSSR count). The van der Waals surface area contributed by atoms with Gasteiger partial charge in [0.1, 0.15) is 0 Å². The van der Waals surface area contributed by atoms with Gasteiger partial charge >= 0.3 is 0 Å². The first-order valence-corrected chi connectivity index (χ1v) is 5.36.